The van der Waals surface area contributed by atoms with Crippen molar-refractivity contribution in [2.75, 3.05) is 0 Å². The maximum absolute atomic E-state index is 4.00. The summed E-state index contributed by atoms with van der Waals surface area (Å²) in [5, 5.41) is 2.95. The van der Waals surface area contributed by atoms with Crippen LogP contribution in [0.25, 0.3) is 0 Å². The van der Waals surface area contributed by atoms with Gasteiger partial charge in [0.2, 0.25) is 0 Å². The minimum atomic E-state index is 0. The van der Waals surface area contributed by atoms with E-state index in [9.17, 15) is 0 Å². The van der Waals surface area contributed by atoms with Gasteiger partial charge < -0.3 is 12.2 Å². The summed E-state index contributed by atoms with van der Waals surface area (Å²) in [4.78, 5) is 0. The van der Waals surface area contributed by atoms with Gasteiger partial charge in [-0.15, -0.1) is 0 Å². The topological polar surface area (TPSA) is 12.0 Å². The number of nitrogens with one attached hydrogen (secondary N) is 1. The molecular formula is C8H13NY-2. The fraction of sp³-hybridized carbons (Fsp3) is 0.500. The molecule has 0 bridgehead atoms. The van der Waals surface area contributed by atoms with Crippen LogP contribution < -0.4 is 5.32 Å². The molecule has 0 saturated heterocycles. The van der Waals surface area contributed by atoms with Gasteiger partial charge >= 0.3 is 0 Å². The molecule has 0 aliphatic heterocycles. The standard InChI is InChI=1S/C8H13N.Y/c1-7-5-3-4-6-8(7)9-2;/h4,6-9H,1-3,5H2;/q-2;. The number of hydrogen-bond acceptors (Lipinski definition) is 1. The van der Waals surface area contributed by atoms with Crippen molar-refractivity contribution in [1.29, 1.82) is 0 Å². The van der Waals surface area contributed by atoms with Crippen molar-refractivity contribution in [3.05, 3.63) is 26.1 Å². The molecule has 55 valence electrons. The SMILES string of the molecule is [CH2-]NC1C=CCCC1[CH2-].[Y]. The van der Waals surface area contributed by atoms with Gasteiger partial charge in [-0.1, -0.05) is 18.6 Å². The summed E-state index contributed by atoms with van der Waals surface area (Å²) in [5.41, 5.74) is 0. The minimum Gasteiger partial charge on any atom is -0.469 e. The molecule has 2 atom stereocenters. The van der Waals surface area contributed by atoms with Crippen LogP contribution >= 0.6 is 0 Å². The fourth-order valence-corrected chi connectivity index (χ4v) is 1.12. The zero-order valence-electron chi connectivity index (χ0n) is 6.22. The molecule has 2 unspecified atom stereocenters. The first kappa shape index (κ1) is 10.8. The second-order valence-corrected chi connectivity index (χ2v) is 2.50. The molecule has 10 heavy (non-hydrogen) atoms. The maximum atomic E-state index is 4.00. The van der Waals surface area contributed by atoms with Crippen molar-refractivity contribution in [3.8, 4) is 0 Å². The van der Waals surface area contributed by atoms with Crippen LogP contribution in [-0.2, 0) is 32.7 Å². The van der Waals surface area contributed by atoms with Gasteiger partial charge in [-0.3, -0.25) is 7.05 Å². The van der Waals surface area contributed by atoms with Crippen LogP contribution in [0.15, 0.2) is 12.2 Å². The Kier molecular flexibility index (Phi) is 5.89. The molecular weight excluding hydrogens is 199 g/mol. The van der Waals surface area contributed by atoms with Crippen molar-refractivity contribution in [3.63, 3.8) is 0 Å². The van der Waals surface area contributed by atoms with Gasteiger partial charge in [0.25, 0.3) is 0 Å². The molecule has 0 saturated carbocycles. The molecule has 0 aromatic heterocycles. The van der Waals surface area contributed by atoms with Gasteiger partial charge in [0.15, 0.2) is 0 Å². The van der Waals surface area contributed by atoms with Crippen molar-refractivity contribution in [2.24, 2.45) is 5.92 Å². The van der Waals surface area contributed by atoms with E-state index in [0.29, 0.717) is 12.0 Å². The van der Waals surface area contributed by atoms with Crippen LogP contribution in [0, 0.1) is 19.9 Å². The van der Waals surface area contributed by atoms with Crippen molar-refractivity contribution in [2.45, 2.75) is 18.9 Å². The number of allylic oxidation sites excluding steroid dienone is 1. The van der Waals surface area contributed by atoms with Crippen LogP contribution in [0.2, 0.25) is 0 Å². The Morgan fingerprint density at radius 2 is 2.20 bits per heavy atom. The van der Waals surface area contributed by atoms with Gasteiger partial charge in [-0.25, -0.2) is 0 Å². The van der Waals surface area contributed by atoms with E-state index in [1.165, 1.54) is 12.8 Å². The first-order valence-electron chi connectivity index (χ1n) is 3.37. The predicted molar refractivity (Wildman–Crippen MR) is 39.5 cm³/mol. The maximum Gasteiger partial charge on any atom is 0 e. The number of rotatable bonds is 1. The first-order valence-corrected chi connectivity index (χ1v) is 3.37. The quantitative estimate of drug-likeness (QED) is 0.513. The molecule has 1 aliphatic carbocycles. The monoisotopic (exact) mass is 212 g/mol. The largest absolute Gasteiger partial charge is 0.469 e. The van der Waals surface area contributed by atoms with Crippen molar-refractivity contribution in [1.82, 2.24) is 5.32 Å². The minimum absolute atomic E-state index is 0. The predicted octanol–water partition coefficient (Wildman–Crippen LogP) is 1.53. The Bertz CT molecular complexity index is 112. The second kappa shape index (κ2) is 5.45. The Morgan fingerprint density at radius 3 is 2.60 bits per heavy atom. The molecule has 1 N–H and O–H groups in total. The van der Waals surface area contributed by atoms with E-state index in [4.69, 9.17) is 0 Å². The van der Waals surface area contributed by atoms with Gasteiger partial charge in [-0.05, 0) is 12.5 Å². The average Bonchev–Trinajstić information content (AvgIpc) is 1.89. The first-order chi connectivity index (χ1) is 4.34. The van der Waals surface area contributed by atoms with Crippen LogP contribution in [0.4, 0.5) is 0 Å². The normalized spacial score (nSPS) is 31.4. The average molecular weight is 212 g/mol. The van der Waals surface area contributed by atoms with Crippen LogP contribution in [0.5, 0.6) is 0 Å². The summed E-state index contributed by atoms with van der Waals surface area (Å²) >= 11 is 0. The van der Waals surface area contributed by atoms with E-state index in [-0.39, 0.29) is 32.7 Å². The zero-order chi connectivity index (χ0) is 6.69. The van der Waals surface area contributed by atoms with Gasteiger partial charge in [0.1, 0.15) is 0 Å². The van der Waals surface area contributed by atoms with E-state index >= 15 is 0 Å². The summed E-state index contributed by atoms with van der Waals surface area (Å²) in [6.07, 6.45) is 6.69. The van der Waals surface area contributed by atoms with E-state index in [1.54, 1.807) is 0 Å². The van der Waals surface area contributed by atoms with Crippen LogP contribution in [0.3, 0.4) is 0 Å². The van der Waals surface area contributed by atoms with Gasteiger partial charge in [-0.2, -0.15) is 5.92 Å². The summed E-state index contributed by atoms with van der Waals surface area (Å²) in [5.74, 6) is 0.507. The second-order valence-electron chi connectivity index (χ2n) is 2.50. The molecule has 1 radical (unpaired) electrons. The van der Waals surface area contributed by atoms with Gasteiger partial charge in [0, 0.05) is 32.7 Å². The Balaban J connectivity index is 0.000000810. The van der Waals surface area contributed by atoms with E-state index < -0.39 is 0 Å². The van der Waals surface area contributed by atoms with Crippen LogP contribution in [0.1, 0.15) is 12.8 Å². The molecule has 0 aromatic rings. The summed E-state index contributed by atoms with van der Waals surface area (Å²) in [6, 6.07) is 0.402. The Morgan fingerprint density at radius 1 is 1.50 bits per heavy atom. The van der Waals surface area contributed by atoms with Crippen LogP contribution in [-0.4, -0.2) is 6.04 Å². The third-order valence-electron chi connectivity index (χ3n) is 1.79. The molecule has 1 rings (SSSR count). The Hall–Kier alpha value is 0.804. The van der Waals surface area contributed by atoms with E-state index in [1.807, 2.05) is 0 Å². The Labute approximate surface area is 88.5 Å². The molecule has 0 amide bonds. The number of hydrogen-bond donors (Lipinski definition) is 1. The smallest absolute Gasteiger partial charge is 0 e. The summed E-state index contributed by atoms with van der Waals surface area (Å²) < 4.78 is 0. The van der Waals surface area contributed by atoms with Crippen molar-refractivity contribution >= 4 is 0 Å². The van der Waals surface area contributed by atoms with Gasteiger partial charge in [0.05, 0.1) is 0 Å². The summed E-state index contributed by atoms with van der Waals surface area (Å²) in [6.45, 7) is 4.00. The fourth-order valence-electron chi connectivity index (χ4n) is 1.12. The summed E-state index contributed by atoms with van der Waals surface area (Å²) in [7, 11) is 3.62. The molecule has 0 spiro atoms. The molecule has 0 heterocycles. The third kappa shape index (κ3) is 2.81. The molecule has 1 aliphatic rings. The van der Waals surface area contributed by atoms with E-state index in [0.717, 1.165) is 0 Å². The van der Waals surface area contributed by atoms with Crippen molar-refractivity contribution < 1.29 is 32.7 Å². The van der Waals surface area contributed by atoms with E-state index in [2.05, 4.69) is 31.4 Å². The molecule has 0 fully saturated rings. The molecule has 1 nitrogen and oxygen atoms in total. The third-order valence-corrected chi connectivity index (χ3v) is 1.79. The molecule has 0 aromatic carbocycles. The zero-order valence-corrected chi connectivity index (χ0v) is 9.05. The molecule has 2 heteroatoms.